The predicted molar refractivity (Wildman–Crippen MR) is 149 cm³/mol. The van der Waals surface area contributed by atoms with Gasteiger partial charge in [0.2, 0.25) is 11.9 Å². The molecule has 216 valence electrons. The summed E-state index contributed by atoms with van der Waals surface area (Å²) in [5.74, 6) is -0.849. The third-order valence-corrected chi connectivity index (χ3v) is 7.41. The van der Waals surface area contributed by atoms with Gasteiger partial charge in [-0.25, -0.2) is 14.4 Å². The Morgan fingerprint density at radius 1 is 1.10 bits per heavy atom. The average molecular weight is 570 g/mol. The highest BCUT2D eigenvalue weighted by molar-refractivity contribution is 5.93. The molecule has 5 rings (SSSR count). The highest BCUT2D eigenvalue weighted by atomic mass is 19.4. The molecule has 12 heteroatoms. The smallest absolute Gasteiger partial charge is 0.351 e. The topological polar surface area (TPSA) is 111 Å². The van der Waals surface area contributed by atoms with E-state index in [4.69, 9.17) is 10.7 Å². The molecule has 0 radical (unpaired) electrons. The first-order chi connectivity index (χ1) is 19.5. The number of fused-ring (bicyclic) bond motifs is 1. The molecule has 1 saturated carbocycles. The van der Waals surface area contributed by atoms with Crippen LogP contribution >= 0.6 is 0 Å². The first-order valence-corrected chi connectivity index (χ1v) is 13.5. The van der Waals surface area contributed by atoms with Gasteiger partial charge in [-0.05, 0) is 73.6 Å². The molecule has 0 aliphatic heterocycles. The van der Waals surface area contributed by atoms with E-state index in [2.05, 4.69) is 20.7 Å². The van der Waals surface area contributed by atoms with E-state index in [1.165, 1.54) is 0 Å². The number of hydrogen-bond donors (Lipinski definition) is 3. The Morgan fingerprint density at radius 3 is 2.56 bits per heavy atom. The third kappa shape index (κ3) is 6.48. The minimum atomic E-state index is -4.71. The van der Waals surface area contributed by atoms with E-state index in [0.29, 0.717) is 23.8 Å². The molecular formula is C29H31F4N7O. The molecule has 0 unspecified atom stereocenters. The number of alkyl halides is 3. The Kier molecular flexibility index (Phi) is 7.94. The van der Waals surface area contributed by atoms with Crippen molar-refractivity contribution in [1.82, 2.24) is 19.7 Å². The van der Waals surface area contributed by atoms with Crippen molar-refractivity contribution in [2.24, 2.45) is 12.8 Å². The number of rotatable bonds is 7. The largest absolute Gasteiger partial charge is 0.416 e. The second kappa shape index (κ2) is 11.4. The first kappa shape index (κ1) is 28.5. The molecule has 2 aromatic carbocycles. The van der Waals surface area contributed by atoms with Gasteiger partial charge in [-0.15, -0.1) is 0 Å². The Morgan fingerprint density at radius 2 is 1.85 bits per heavy atom. The van der Waals surface area contributed by atoms with E-state index in [1.54, 1.807) is 24.0 Å². The lowest BCUT2D eigenvalue weighted by molar-refractivity contribution is -0.138. The van der Waals surface area contributed by atoms with E-state index in [9.17, 15) is 22.4 Å². The number of aromatic nitrogens is 4. The maximum atomic E-state index is 13.6. The fraction of sp³-hybridized carbons (Fsp3) is 0.379. The van der Waals surface area contributed by atoms with E-state index in [1.807, 2.05) is 19.1 Å². The summed E-state index contributed by atoms with van der Waals surface area (Å²) in [5.41, 5.74) is 7.86. The summed E-state index contributed by atoms with van der Waals surface area (Å²) in [7, 11) is 1.70. The van der Waals surface area contributed by atoms with Crippen LogP contribution in [0, 0.1) is 5.82 Å². The first-order valence-electron chi connectivity index (χ1n) is 13.5. The minimum absolute atomic E-state index is 0.165. The molecular weight excluding hydrogens is 538 g/mol. The molecule has 8 nitrogen and oxygen atoms in total. The van der Waals surface area contributed by atoms with E-state index < -0.39 is 35.4 Å². The summed E-state index contributed by atoms with van der Waals surface area (Å²) in [5, 5.41) is 11.1. The van der Waals surface area contributed by atoms with Crippen LogP contribution in [-0.2, 0) is 30.9 Å². The van der Waals surface area contributed by atoms with Crippen LogP contribution in [0.15, 0.2) is 42.6 Å². The van der Waals surface area contributed by atoms with Crippen molar-refractivity contribution in [1.29, 1.82) is 0 Å². The second-order valence-corrected chi connectivity index (χ2v) is 10.4. The van der Waals surface area contributed by atoms with E-state index in [0.717, 1.165) is 66.3 Å². The standard InChI is InChI=1S/C29H31F4N7O/c1-3-16-10-18(11-19-15-35-28(38-27(16)19)36-22-7-5-21(34)6-8-22)24-14-25(39-40(24)2)37-26(41)13-17-12-20(30)4-9-23(17)29(31,32)33/h4,9-12,14-15,21-22H,3,5-8,13,34H2,1-2H3,(H,35,36,38)(H,37,39,41)/t21-,22-. The minimum Gasteiger partial charge on any atom is -0.351 e. The number of benzene rings is 2. The number of aryl methyl sites for hydroxylation is 2. The lowest BCUT2D eigenvalue weighted by atomic mass is 9.92. The van der Waals surface area contributed by atoms with Crippen LogP contribution in [0.3, 0.4) is 0 Å². The third-order valence-electron chi connectivity index (χ3n) is 7.41. The van der Waals surface area contributed by atoms with Crippen LogP contribution in [0.25, 0.3) is 22.2 Å². The zero-order valence-electron chi connectivity index (χ0n) is 22.7. The Bertz CT molecular complexity index is 1580. The molecule has 0 bridgehead atoms. The van der Waals surface area contributed by atoms with Crippen LogP contribution in [-0.4, -0.2) is 37.7 Å². The summed E-state index contributed by atoms with van der Waals surface area (Å²) >= 11 is 0. The van der Waals surface area contributed by atoms with Gasteiger partial charge < -0.3 is 16.4 Å². The van der Waals surface area contributed by atoms with Crippen molar-refractivity contribution in [3.63, 3.8) is 0 Å². The number of carbonyl (C=O) groups excluding carboxylic acids is 1. The molecule has 1 aliphatic carbocycles. The van der Waals surface area contributed by atoms with Crippen molar-refractivity contribution >= 4 is 28.6 Å². The van der Waals surface area contributed by atoms with Crippen LogP contribution in [0.2, 0.25) is 0 Å². The van der Waals surface area contributed by atoms with Gasteiger partial charge in [-0.3, -0.25) is 9.48 Å². The van der Waals surface area contributed by atoms with Gasteiger partial charge in [0.1, 0.15) is 5.82 Å². The molecule has 1 fully saturated rings. The van der Waals surface area contributed by atoms with Crippen molar-refractivity contribution < 1.29 is 22.4 Å². The monoisotopic (exact) mass is 569 g/mol. The van der Waals surface area contributed by atoms with Crippen molar-refractivity contribution in [2.75, 3.05) is 10.6 Å². The lowest BCUT2D eigenvalue weighted by Gasteiger charge is -2.26. The molecule has 4 aromatic rings. The number of nitrogens with two attached hydrogens (primary N) is 1. The predicted octanol–water partition coefficient (Wildman–Crippen LogP) is 5.61. The highest BCUT2D eigenvalue weighted by Crippen LogP contribution is 2.33. The molecule has 0 atom stereocenters. The van der Waals surface area contributed by atoms with E-state index >= 15 is 0 Å². The Labute approximate surface area is 234 Å². The maximum absolute atomic E-state index is 13.6. The van der Waals surface area contributed by atoms with Gasteiger partial charge in [0, 0.05) is 42.3 Å². The number of hydrogen-bond acceptors (Lipinski definition) is 6. The summed E-state index contributed by atoms with van der Waals surface area (Å²) in [4.78, 5) is 21.9. The number of nitrogens with one attached hydrogen (secondary N) is 2. The molecule has 41 heavy (non-hydrogen) atoms. The fourth-order valence-corrected chi connectivity index (χ4v) is 5.30. The van der Waals surface area contributed by atoms with Crippen LogP contribution in [0.4, 0.5) is 29.3 Å². The summed E-state index contributed by atoms with van der Waals surface area (Å²) in [6.45, 7) is 2.03. The maximum Gasteiger partial charge on any atom is 0.416 e. The SMILES string of the molecule is CCc1cc(-c2cc(NC(=O)Cc3cc(F)ccc3C(F)(F)F)nn2C)cc2cnc(N[C@H]3CC[C@H](N)CC3)nc12. The molecule has 0 saturated heterocycles. The molecule has 2 heterocycles. The number of halogens is 4. The molecule has 4 N–H and O–H groups in total. The Balaban J connectivity index is 1.35. The van der Waals surface area contributed by atoms with Gasteiger partial charge in [0.05, 0.1) is 23.2 Å². The van der Waals surface area contributed by atoms with Crippen LogP contribution in [0.5, 0.6) is 0 Å². The highest BCUT2D eigenvalue weighted by Gasteiger charge is 2.34. The zero-order valence-corrected chi connectivity index (χ0v) is 22.7. The zero-order chi connectivity index (χ0) is 29.3. The van der Waals surface area contributed by atoms with Crippen LogP contribution < -0.4 is 16.4 Å². The summed E-state index contributed by atoms with van der Waals surface area (Å²) < 4.78 is 55.2. The van der Waals surface area contributed by atoms with Crippen molar-refractivity contribution in [3.8, 4) is 11.3 Å². The number of anilines is 2. The normalized spacial score (nSPS) is 17.5. The van der Waals surface area contributed by atoms with E-state index in [-0.39, 0.29) is 11.9 Å². The quantitative estimate of drug-likeness (QED) is 0.250. The van der Waals surface area contributed by atoms with Crippen molar-refractivity contribution in [2.45, 2.75) is 63.7 Å². The molecule has 1 aliphatic rings. The Hall–Kier alpha value is -4.06. The number of carbonyl (C=O) groups is 1. The average Bonchev–Trinajstić information content (AvgIpc) is 3.28. The fourth-order valence-electron chi connectivity index (χ4n) is 5.30. The summed E-state index contributed by atoms with van der Waals surface area (Å²) in [6.07, 6.45) is 1.03. The molecule has 0 spiro atoms. The number of amides is 1. The van der Waals surface area contributed by atoms with Gasteiger partial charge in [-0.2, -0.15) is 18.3 Å². The van der Waals surface area contributed by atoms with Crippen molar-refractivity contribution in [3.05, 3.63) is 65.1 Å². The van der Waals surface area contributed by atoms with Crippen LogP contribution in [0.1, 0.15) is 49.3 Å². The van der Waals surface area contributed by atoms with Gasteiger partial charge in [0.25, 0.3) is 0 Å². The van der Waals surface area contributed by atoms with Gasteiger partial charge in [-0.1, -0.05) is 6.92 Å². The molecule has 1 amide bonds. The van der Waals surface area contributed by atoms with Gasteiger partial charge in [0.15, 0.2) is 5.82 Å². The lowest BCUT2D eigenvalue weighted by Crippen LogP contribution is -2.33. The molecule has 2 aromatic heterocycles. The second-order valence-electron chi connectivity index (χ2n) is 10.4. The number of nitrogens with zero attached hydrogens (tertiary/aromatic N) is 4. The summed E-state index contributed by atoms with van der Waals surface area (Å²) in [6, 6.07) is 8.20. The van der Waals surface area contributed by atoms with Gasteiger partial charge >= 0.3 is 6.18 Å².